The van der Waals surface area contributed by atoms with Crippen LogP contribution in [-0.4, -0.2) is 17.2 Å². The van der Waals surface area contributed by atoms with E-state index in [1.54, 1.807) is 6.92 Å². The normalized spacial score (nSPS) is 27.5. The fourth-order valence-electron chi connectivity index (χ4n) is 0.540. The fraction of sp³-hybridized carbons (Fsp3) is 0.400. The number of aliphatic hydroxyl groups excluding tert-OH is 1. The summed E-state index contributed by atoms with van der Waals surface area (Å²) in [6.07, 6.45) is 0.0278. The molecule has 0 fully saturated rings. The van der Waals surface area contributed by atoms with Gasteiger partial charge in [-0.3, -0.25) is 4.79 Å². The highest BCUT2D eigenvalue weighted by Gasteiger charge is 2.20. The van der Waals surface area contributed by atoms with Crippen LogP contribution in [0.2, 0.25) is 0 Å². The molecule has 0 spiro atoms. The van der Waals surface area contributed by atoms with Crippen molar-refractivity contribution >= 4 is 5.78 Å². The van der Waals surface area contributed by atoms with Gasteiger partial charge >= 0.3 is 0 Å². The molecule has 0 bridgehead atoms. The maximum Gasteiger partial charge on any atom is 0.261 e. The summed E-state index contributed by atoms with van der Waals surface area (Å²) in [6.45, 7) is 1.62. The lowest BCUT2D eigenvalue weighted by Gasteiger charge is -1.99. The first-order chi connectivity index (χ1) is 3.70. The van der Waals surface area contributed by atoms with Gasteiger partial charge in [-0.2, -0.15) is 0 Å². The Hall–Kier alpha value is -0.830. The zero-order valence-corrected chi connectivity index (χ0v) is 4.42. The minimum absolute atomic E-state index is 0.373. The first-order valence-corrected chi connectivity index (χ1v) is 2.27. The summed E-state index contributed by atoms with van der Waals surface area (Å²) in [7, 11) is 0. The third-order valence-electron chi connectivity index (χ3n) is 0.886. The van der Waals surface area contributed by atoms with Crippen molar-refractivity contribution in [3.63, 3.8) is 0 Å². The van der Waals surface area contributed by atoms with Crippen molar-refractivity contribution in [1.29, 1.82) is 0 Å². The Morgan fingerprint density at radius 2 is 2.50 bits per heavy atom. The molecule has 8 heavy (non-hydrogen) atoms. The molecule has 0 aromatic carbocycles. The van der Waals surface area contributed by atoms with Crippen LogP contribution in [0, 0.1) is 0 Å². The summed E-state index contributed by atoms with van der Waals surface area (Å²) in [5, 5.41) is 8.54. The molecule has 3 heteroatoms. The van der Waals surface area contributed by atoms with Crippen LogP contribution >= 0.6 is 0 Å². The average Bonchev–Trinajstić information content (AvgIpc) is 1.85. The molecule has 1 aliphatic rings. The summed E-state index contributed by atoms with van der Waals surface area (Å²) in [6, 6.07) is 0. The Bertz CT molecular complexity index is 148. The van der Waals surface area contributed by atoms with Gasteiger partial charge in [0.25, 0.3) is 6.29 Å². The molecule has 0 radical (unpaired) electrons. The highest BCUT2D eigenvalue weighted by molar-refractivity contribution is 5.94. The number of carbonyl (C=O) groups excluding carboxylic acids is 1. The number of allylic oxidation sites excluding steroid dienone is 1. The van der Waals surface area contributed by atoms with Crippen molar-refractivity contribution in [2.24, 2.45) is 0 Å². The smallest absolute Gasteiger partial charge is 0.261 e. The maximum absolute atomic E-state index is 10.3. The quantitative estimate of drug-likeness (QED) is 0.474. The van der Waals surface area contributed by atoms with Crippen molar-refractivity contribution in [2.45, 2.75) is 13.2 Å². The molecule has 44 valence electrons. The van der Waals surface area contributed by atoms with Gasteiger partial charge in [0, 0.05) is 6.08 Å². The SMILES string of the molecule is CC1=CC(=O)C(O)O1. The van der Waals surface area contributed by atoms with E-state index < -0.39 is 6.29 Å². The van der Waals surface area contributed by atoms with Crippen LogP contribution in [0.25, 0.3) is 0 Å². The average molecular weight is 114 g/mol. The van der Waals surface area contributed by atoms with Gasteiger partial charge in [0.1, 0.15) is 5.76 Å². The zero-order valence-electron chi connectivity index (χ0n) is 4.42. The standard InChI is InChI=1S/C5H6O3/c1-3-2-4(6)5(7)8-3/h2,5,7H,1H3. The topological polar surface area (TPSA) is 46.5 Å². The molecule has 0 saturated heterocycles. The number of aliphatic hydroxyl groups is 1. The van der Waals surface area contributed by atoms with Crippen LogP contribution in [0.15, 0.2) is 11.8 Å². The zero-order chi connectivity index (χ0) is 6.15. The summed E-state index contributed by atoms with van der Waals surface area (Å²) in [5.41, 5.74) is 0. The Morgan fingerprint density at radius 3 is 2.62 bits per heavy atom. The van der Waals surface area contributed by atoms with Gasteiger partial charge in [-0.05, 0) is 6.92 Å². The van der Waals surface area contributed by atoms with Crippen LogP contribution in [0.3, 0.4) is 0 Å². The Kier molecular flexibility index (Phi) is 1.06. The van der Waals surface area contributed by atoms with Gasteiger partial charge in [0.15, 0.2) is 0 Å². The van der Waals surface area contributed by atoms with Crippen molar-refractivity contribution in [2.75, 3.05) is 0 Å². The molecule has 1 unspecified atom stereocenters. The van der Waals surface area contributed by atoms with Crippen LogP contribution in [-0.2, 0) is 9.53 Å². The number of hydrogen-bond acceptors (Lipinski definition) is 3. The molecular formula is C5H6O3. The highest BCUT2D eigenvalue weighted by Crippen LogP contribution is 2.09. The molecule has 1 N–H and O–H groups in total. The minimum atomic E-state index is -1.24. The third kappa shape index (κ3) is 0.721. The number of hydrogen-bond donors (Lipinski definition) is 1. The summed E-state index contributed by atoms with van der Waals surface area (Å²) in [4.78, 5) is 10.3. The van der Waals surface area contributed by atoms with Gasteiger partial charge in [0.05, 0.1) is 0 Å². The number of carbonyl (C=O) groups is 1. The molecule has 1 atom stereocenters. The molecule has 0 amide bonds. The Balaban J connectivity index is 2.70. The second-order valence-electron chi connectivity index (χ2n) is 1.63. The van der Waals surface area contributed by atoms with E-state index in [2.05, 4.69) is 4.74 Å². The Morgan fingerprint density at radius 1 is 1.88 bits per heavy atom. The summed E-state index contributed by atoms with van der Waals surface area (Å²) in [5.74, 6) is 0.102. The lowest BCUT2D eigenvalue weighted by Crippen LogP contribution is -2.13. The van der Waals surface area contributed by atoms with E-state index in [0.717, 1.165) is 0 Å². The van der Waals surface area contributed by atoms with Crippen molar-refractivity contribution in [1.82, 2.24) is 0 Å². The first-order valence-electron chi connectivity index (χ1n) is 2.27. The molecule has 1 heterocycles. The predicted octanol–water partition coefficient (Wildman–Crippen LogP) is -0.192. The number of ketones is 1. The third-order valence-corrected chi connectivity index (χ3v) is 0.886. The van der Waals surface area contributed by atoms with Crippen LogP contribution < -0.4 is 0 Å². The van der Waals surface area contributed by atoms with Gasteiger partial charge in [-0.15, -0.1) is 0 Å². The van der Waals surface area contributed by atoms with E-state index in [0.29, 0.717) is 5.76 Å². The summed E-state index contributed by atoms with van der Waals surface area (Å²) < 4.78 is 4.54. The second kappa shape index (κ2) is 1.59. The molecular weight excluding hydrogens is 108 g/mol. The van der Waals surface area contributed by atoms with Crippen molar-refractivity contribution in [3.05, 3.63) is 11.8 Å². The molecule has 3 nitrogen and oxygen atoms in total. The molecule has 0 aromatic heterocycles. The Labute approximate surface area is 46.6 Å². The minimum Gasteiger partial charge on any atom is -0.462 e. The van der Waals surface area contributed by atoms with Crippen LogP contribution in [0.5, 0.6) is 0 Å². The highest BCUT2D eigenvalue weighted by atomic mass is 16.6. The van der Waals surface area contributed by atoms with E-state index >= 15 is 0 Å². The van der Waals surface area contributed by atoms with Gasteiger partial charge < -0.3 is 9.84 Å². The molecule has 0 aliphatic carbocycles. The van der Waals surface area contributed by atoms with E-state index in [4.69, 9.17) is 5.11 Å². The van der Waals surface area contributed by atoms with Gasteiger partial charge in [-0.25, -0.2) is 0 Å². The van der Waals surface area contributed by atoms with Gasteiger partial charge in [0.2, 0.25) is 5.78 Å². The van der Waals surface area contributed by atoms with E-state index in [1.807, 2.05) is 0 Å². The second-order valence-corrected chi connectivity index (χ2v) is 1.63. The number of ether oxygens (including phenoxy) is 1. The van der Waals surface area contributed by atoms with E-state index in [-0.39, 0.29) is 5.78 Å². The van der Waals surface area contributed by atoms with Crippen molar-refractivity contribution in [3.8, 4) is 0 Å². The molecule has 0 saturated carbocycles. The largest absolute Gasteiger partial charge is 0.462 e. The van der Waals surface area contributed by atoms with E-state index in [9.17, 15) is 4.79 Å². The molecule has 0 aromatic rings. The lowest BCUT2D eigenvalue weighted by atomic mass is 10.4. The fourth-order valence-corrected chi connectivity index (χ4v) is 0.540. The molecule has 1 rings (SSSR count). The lowest BCUT2D eigenvalue weighted by molar-refractivity contribution is -0.137. The first kappa shape index (κ1) is 5.31. The molecule has 1 aliphatic heterocycles. The van der Waals surface area contributed by atoms with E-state index in [1.165, 1.54) is 6.08 Å². The van der Waals surface area contributed by atoms with Crippen LogP contribution in [0.1, 0.15) is 6.92 Å². The maximum atomic E-state index is 10.3. The summed E-state index contributed by atoms with van der Waals surface area (Å²) >= 11 is 0. The van der Waals surface area contributed by atoms with Crippen molar-refractivity contribution < 1.29 is 14.6 Å². The number of rotatable bonds is 0. The van der Waals surface area contributed by atoms with Crippen LogP contribution in [0.4, 0.5) is 0 Å². The predicted molar refractivity (Wildman–Crippen MR) is 25.9 cm³/mol. The van der Waals surface area contributed by atoms with Gasteiger partial charge in [-0.1, -0.05) is 0 Å². The monoisotopic (exact) mass is 114 g/mol.